The summed E-state index contributed by atoms with van der Waals surface area (Å²) in [5, 5.41) is 0. The van der Waals surface area contributed by atoms with Crippen LogP contribution in [0.5, 0.6) is 0 Å². The van der Waals surface area contributed by atoms with Crippen molar-refractivity contribution in [3.63, 3.8) is 0 Å². The first-order valence-electron chi connectivity index (χ1n) is 5.68. The zero-order valence-electron chi connectivity index (χ0n) is 9.18. The number of hydrogen-bond acceptors (Lipinski definition) is 1. The fourth-order valence-corrected chi connectivity index (χ4v) is 3.84. The Bertz CT molecular complexity index is 169. The standard InChI is InChI=1S/C11H22OSi/c1-13(2,3)5-4-9-6-10-8-11(7-9)12-10/h9-11H,4-8H2,1-3H3. The van der Waals surface area contributed by atoms with Crippen molar-refractivity contribution in [2.75, 3.05) is 0 Å². The Labute approximate surface area is 82.9 Å². The summed E-state index contributed by atoms with van der Waals surface area (Å²) in [5.74, 6) is 1.00. The van der Waals surface area contributed by atoms with Crippen molar-refractivity contribution in [3.8, 4) is 0 Å². The summed E-state index contributed by atoms with van der Waals surface area (Å²) in [5.41, 5.74) is 0. The van der Waals surface area contributed by atoms with Crippen LogP contribution in [0.25, 0.3) is 0 Å². The quantitative estimate of drug-likeness (QED) is 0.632. The average Bonchev–Trinajstić information content (AvgIpc) is 1.99. The van der Waals surface area contributed by atoms with E-state index in [2.05, 4.69) is 19.6 Å². The van der Waals surface area contributed by atoms with Crippen LogP contribution in [-0.4, -0.2) is 20.3 Å². The molecule has 3 aliphatic rings. The number of ether oxygens (including phenoxy) is 1. The molecule has 3 fully saturated rings. The van der Waals surface area contributed by atoms with Gasteiger partial charge >= 0.3 is 0 Å². The highest BCUT2D eigenvalue weighted by Gasteiger charge is 2.39. The molecule has 0 aromatic carbocycles. The van der Waals surface area contributed by atoms with E-state index in [9.17, 15) is 0 Å². The third-order valence-corrected chi connectivity index (χ3v) is 5.19. The molecular weight excluding hydrogens is 176 g/mol. The molecule has 0 aromatic heterocycles. The zero-order valence-corrected chi connectivity index (χ0v) is 10.2. The van der Waals surface area contributed by atoms with Gasteiger partial charge in [-0.1, -0.05) is 32.1 Å². The van der Waals surface area contributed by atoms with E-state index in [1.807, 2.05) is 0 Å². The van der Waals surface area contributed by atoms with Crippen LogP contribution in [0, 0.1) is 5.92 Å². The molecule has 2 saturated heterocycles. The predicted octanol–water partition coefficient (Wildman–Crippen LogP) is 3.28. The molecule has 2 heterocycles. The van der Waals surface area contributed by atoms with E-state index in [-0.39, 0.29) is 0 Å². The van der Waals surface area contributed by atoms with E-state index in [0.29, 0.717) is 12.2 Å². The minimum Gasteiger partial charge on any atom is -0.375 e. The van der Waals surface area contributed by atoms with Gasteiger partial charge in [-0.25, -0.2) is 0 Å². The third kappa shape index (κ3) is 2.56. The summed E-state index contributed by atoms with van der Waals surface area (Å²) in [6, 6.07) is 1.51. The number of rotatable bonds is 3. The molecule has 13 heavy (non-hydrogen) atoms. The second-order valence-electron chi connectivity index (χ2n) is 6.05. The summed E-state index contributed by atoms with van der Waals surface area (Å²) in [4.78, 5) is 0. The first kappa shape index (κ1) is 9.72. The van der Waals surface area contributed by atoms with E-state index in [1.165, 1.54) is 31.7 Å². The number of fused-ring (bicyclic) bond motifs is 2. The van der Waals surface area contributed by atoms with Crippen molar-refractivity contribution < 1.29 is 4.74 Å². The first-order chi connectivity index (χ1) is 6.03. The maximum absolute atomic E-state index is 5.65. The summed E-state index contributed by atoms with van der Waals surface area (Å²) in [7, 11) is -0.789. The molecule has 0 spiro atoms. The van der Waals surface area contributed by atoms with E-state index >= 15 is 0 Å². The molecule has 1 saturated carbocycles. The van der Waals surface area contributed by atoms with Crippen LogP contribution in [0.3, 0.4) is 0 Å². The van der Waals surface area contributed by atoms with Crippen molar-refractivity contribution in [2.24, 2.45) is 5.92 Å². The van der Waals surface area contributed by atoms with Gasteiger partial charge in [-0.2, -0.15) is 0 Å². The molecule has 2 aliphatic heterocycles. The Morgan fingerprint density at radius 2 is 1.62 bits per heavy atom. The third-order valence-electron chi connectivity index (χ3n) is 3.41. The predicted molar refractivity (Wildman–Crippen MR) is 58.8 cm³/mol. The van der Waals surface area contributed by atoms with Crippen molar-refractivity contribution in [1.29, 1.82) is 0 Å². The lowest BCUT2D eigenvalue weighted by molar-refractivity contribution is -0.173. The van der Waals surface area contributed by atoms with Gasteiger partial charge in [-0.15, -0.1) is 0 Å². The summed E-state index contributed by atoms with van der Waals surface area (Å²) in [6.45, 7) is 7.44. The largest absolute Gasteiger partial charge is 0.375 e. The van der Waals surface area contributed by atoms with Gasteiger partial charge in [-0.3, -0.25) is 0 Å². The highest BCUT2D eigenvalue weighted by atomic mass is 28.3. The van der Waals surface area contributed by atoms with Gasteiger partial charge in [0.25, 0.3) is 0 Å². The van der Waals surface area contributed by atoms with Gasteiger partial charge in [-0.05, 0) is 25.2 Å². The molecule has 2 atom stereocenters. The Balaban J connectivity index is 1.71. The minimum atomic E-state index is -0.789. The van der Waals surface area contributed by atoms with Crippen molar-refractivity contribution in [1.82, 2.24) is 0 Å². The molecule has 2 unspecified atom stereocenters. The van der Waals surface area contributed by atoms with Gasteiger partial charge in [0.1, 0.15) is 0 Å². The molecule has 76 valence electrons. The molecule has 1 nitrogen and oxygen atoms in total. The molecule has 2 bridgehead atoms. The van der Waals surface area contributed by atoms with Crippen LogP contribution in [0.1, 0.15) is 25.7 Å². The van der Waals surface area contributed by atoms with Crippen molar-refractivity contribution in [3.05, 3.63) is 0 Å². The summed E-state index contributed by atoms with van der Waals surface area (Å²) >= 11 is 0. The highest BCUT2D eigenvalue weighted by molar-refractivity contribution is 6.76. The second kappa shape index (κ2) is 3.39. The van der Waals surface area contributed by atoms with Gasteiger partial charge in [0.15, 0.2) is 0 Å². The van der Waals surface area contributed by atoms with Crippen LogP contribution in [0.15, 0.2) is 0 Å². The maximum Gasteiger partial charge on any atom is 0.0606 e. The lowest BCUT2D eigenvalue weighted by Gasteiger charge is -2.45. The van der Waals surface area contributed by atoms with Crippen molar-refractivity contribution in [2.45, 2.75) is 63.6 Å². The molecule has 0 N–H and O–H groups in total. The molecule has 0 radical (unpaired) electrons. The summed E-state index contributed by atoms with van der Waals surface area (Å²) < 4.78 is 5.65. The smallest absolute Gasteiger partial charge is 0.0606 e. The lowest BCUT2D eigenvalue weighted by atomic mass is 9.79. The molecule has 3 rings (SSSR count). The summed E-state index contributed by atoms with van der Waals surface area (Å²) in [6.07, 6.45) is 6.88. The molecule has 0 aromatic rings. The second-order valence-corrected chi connectivity index (χ2v) is 11.7. The van der Waals surface area contributed by atoms with Gasteiger partial charge in [0, 0.05) is 8.07 Å². The zero-order chi connectivity index (χ0) is 9.47. The molecule has 2 heteroatoms. The Kier molecular flexibility index (Phi) is 2.54. The maximum atomic E-state index is 5.65. The fraction of sp³-hybridized carbons (Fsp3) is 1.00. The van der Waals surface area contributed by atoms with Gasteiger partial charge in [0.2, 0.25) is 0 Å². The highest BCUT2D eigenvalue weighted by Crippen LogP contribution is 2.40. The van der Waals surface area contributed by atoms with Crippen LogP contribution >= 0.6 is 0 Å². The Morgan fingerprint density at radius 1 is 1.08 bits per heavy atom. The van der Waals surface area contributed by atoms with Crippen molar-refractivity contribution >= 4 is 8.07 Å². The average molecular weight is 198 g/mol. The fourth-order valence-electron chi connectivity index (χ4n) is 2.57. The molecular formula is C11H22OSi. The Hall–Kier alpha value is 0.177. The van der Waals surface area contributed by atoms with Gasteiger partial charge in [0.05, 0.1) is 12.2 Å². The molecule has 1 aliphatic carbocycles. The van der Waals surface area contributed by atoms with E-state index < -0.39 is 8.07 Å². The minimum absolute atomic E-state index is 0.658. The normalized spacial score (nSPS) is 38.5. The SMILES string of the molecule is C[Si](C)(C)CCC1CC2CC(C1)O2. The van der Waals surface area contributed by atoms with E-state index in [0.717, 1.165) is 5.92 Å². The first-order valence-corrected chi connectivity index (χ1v) is 9.39. The van der Waals surface area contributed by atoms with Gasteiger partial charge < -0.3 is 4.74 Å². The van der Waals surface area contributed by atoms with E-state index in [1.54, 1.807) is 0 Å². The van der Waals surface area contributed by atoms with Crippen LogP contribution in [0.4, 0.5) is 0 Å². The Morgan fingerprint density at radius 3 is 2.08 bits per heavy atom. The van der Waals surface area contributed by atoms with Crippen LogP contribution < -0.4 is 0 Å². The van der Waals surface area contributed by atoms with Crippen LogP contribution in [0.2, 0.25) is 25.7 Å². The number of hydrogen-bond donors (Lipinski definition) is 0. The van der Waals surface area contributed by atoms with E-state index in [4.69, 9.17) is 4.74 Å². The molecule has 0 amide bonds. The monoisotopic (exact) mass is 198 g/mol. The van der Waals surface area contributed by atoms with Crippen LogP contribution in [-0.2, 0) is 4.74 Å². The topological polar surface area (TPSA) is 9.23 Å². The lowest BCUT2D eigenvalue weighted by Crippen LogP contribution is -2.45.